The molecule has 0 unspecified atom stereocenters. The molecular weight excluding hydrogens is 364 g/mol. The first-order valence-corrected chi connectivity index (χ1v) is 9.69. The van der Waals surface area contributed by atoms with Crippen molar-refractivity contribution >= 4 is 41.0 Å². The SMILES string of the molecule is CCNc1nc(NCC)n2c(SCC(=O)Nc3cccc(C)c3)nnc2n1. The zero-order valence-electron chi connectivity index (χ0n) is 15.5. The van der Waals surface area contributed by atoms with Crippen molar-refractivity contribution in [3.05, 3.63) is 29.8 Å². The molecule has 0 saturated carbocycles. The van der Waals surface area contributed by atoms with Gasteiger partial charge in [0.25, 0.3) is 5.78 Å². The van der Waals surface area contributed by atoms with E-state index >= 15 is 0 Å². The zero-order chi connectivity index (χ0) is 19.2. The number of aryl methyl sites for hydroxylation is 1. The van der Waals surface area contributed by atoms with Gasteiger partial charge in [0.2, 0.25) is 17.8 Å². The molecule has 0 saturated heterocycles. The van der Waals surface area contributed by atoms with E-state index < -0.39 is 0 Å². The van der Waals surface area contributed by atoms with E-state index in [0.717, 1.165) is 11.3 Å². The van der Waals surface area contributed by atoms with Crippen LogP contribution in [-0.2, 0) is 4.79 Å². The van der Waals surface area contributed by atoms with E-state index in [2.05, 4.69) is 36.1 Å². The number of fused-ring (bicyclic) bond motifs is 1. The molecule has 10 heteroatoms. The quantitative estimate of drug-likeness (QED) is 0.507. The molecular formula is C17H22N8OS. The maximum atomic E-state index is 12.3. The summed E-state index contributed by atoms with van der Waals surface area (Å²) in [7, 11) is 0. The van der Waals surface area contributed by atoms with Crippen molar-refractivity contribution in [3.63, 3.8) is 0 Å². The Morgan fingerprint density at radius 2 is 1.96 bits per heavy atom. The summed E-state index contributed by atoms with van der Waals surface area (Å²) in [6, 6.07) is 7.68. The smallest absolute Gasteiger partial charge is 0.261 e. The highest BCUT2D eigenvalue weighted by molar-refractivity contribution is 7.99. The summed E-state index contributed by atoms with van der Waals surface area (Å²) in [5, 5.41) is 18.0. The van der Waals surface area contributed by atoms with Gasteiger partial charge >= 0.3 is 0 Å². The van der Waals surface area contributed by atoms with Crippen LogP contribution in [0.15, 0.2) is 29.4 Å². The molecule has 1 amide bonds. The largest absolute Gasteiger partial charge is 0.355 e. The minimum Gasteiger partial charge on any atom is -0.355 e. The third kappa shape index (κ3) is 4.64. The summed E-state index contributed by atoms with van der Waals surface area (Å²) in [6.45, 7) is 7.33. The third-order valence-corrected chi connectivity index (χ3v) is 4.48. The fraction of sp³-hybridized carbons (Fsp3) is 0.353. The van der Waals surface area contributed by atoms with E-state index in [9.17, 15) is 4.79 Å². The summed E-state index contributed by atoms with van der Waals surface area (Å²) in [4.78, 5) is 21.1. The second-order valence-corrected chi connectivity index (χ2v) is 6.70. The third-order valence-electron chi connectivity index (χ3n) is 3.55. The second-order valence-electron chi connectivity index (χ2n) is 5.76. The monoisotopic (exact) mass is 386 g/mol. The molecule has 0 aliphatic rings. The summed E-state index contributed by atoms with van der Waals surface area (Å²) in [5.41, 5.74) is 1.87. The Hall–Kier alpha value is -2.88. The van der Waals surface area contributed by atoms with E-state index in [0.29, 0.717) is 35.9 Å². The Balaban J connectivity index is 1.75. The first-order chi connectivity index (χ1) is 13.1. The lowest BCUT2D eigenvalue weighted by Crippen LogP contribution is -2.15. The second kappa shape index (κ2) is 8.67. The standard InChI is InChI=1S/C17H22N8OS/c1-4-18-14-21-15(19-5-2)25-16(22-14)23-24-17(25)27-10-13(26)20-12-8-6-7-11(3)9-12/h6-9H,4-5,10H2,1-3H3,(H,20,26)(H2,18,19,21,22,23). The maximum absolute atomic E-state index is 12.3. The Labute approximate surface area is 161 Å². The molecule has 9 nitrogen and oxygen atoms in total. The highest BCUT2D eigenvalue weighted by atomic mass is 32.2. The fourth-order valence-electron chi connectivity index (χ4n) is 2.45. The molecule has 0 atom stereocenters. The molecule has 0 aliphatic heterocycles. The highest BCUT2D eigenvalue weighted by Gasteiger charge is 2.15. The van der Waals surface area contributed by atoms with E-state index in [1.165, 1.54) is 11.8 Å². The van der Waals surface area contributed by atoms with Crippen LogP contribution in [0.1, 0.15) is 19.4 Å². The predicted octanol–water partition coefficient (Wildman–Crippen LogP) is 2.42. The van der Waals surface area contributed by atoms with Crippen molar-refractivity contribution in [2.24, 2.45) is 0 Å². The first-order valence-electron chi connectivity index (χ1n) is 8.71. The van der Waals surface area contributed by atoms with Gasteiger partial charge in [0.1, 0.15) is 0 Å². The van der Waals surface area contributed by atoms with Crippen LogP contribution in [0, 0.1) is 6.92 Å². The van der Waals surface area contributed by atoms with Gasteiger partial charge in [0.15, 0.2) is 5.16 Å². The normalized spacial score (nSPS) is 10.8. The molecule has 2 aromatic heterocycles. The lowest BCUT2D eigenvalue weighted by atomic mass is 10.2. The van der Waals surface area contributed by atoms with Gasteiger partial charge in [-0.1, -0.05) is 23.9 Å². The van der Waals surface area contributed by atoms with E-state index in [4.69, 9.17) is 0 Å². The molecule has 0 radical (unpaired) electrons. The Morgan fingerprint density at radius 1 is 1.15 bits per heavy atom. The molecule has 142 valence electrons. The molecule has 1 aromatic carbocycles. The zero-order valence-corrected chi connectivity index (χ0v) is 16.3. The van der Waals surface area contributed by atoms with Crippen LogP contribution in [0.25, 0.3) is 5.78 Å². The van der Waals surface area contributed by atoms with Crippen molar-refractivity contribution < 1.29 is 4.79 Å². The molecule has 0 fully saturated rings. The van der Waals surface area contributed by atoms with Crippen LogP contribution in [0.5, 0.6) is 0 Å². The maximum Gasteiger partial charge on any atom is 0.261 e. The van der Waals surface area contributed by atoms with Gasteiger partial charge in [-0.15, -0.1) is 10.2 Å². The Morgan fingerprint density at radius 3 is 2.70 bits per heavy atom. The number of nitrogens with one attached hydrogen (secondary N) is 3. The van der Waals surface area contributed by atoms with Crippen LogP contribution in [0.4, 0.5) is 17.6 Å². The number of carbonyl (C=O) groups excluding carboxylic acids is 1. The number of aromatic nitrogens is 5. The highest BCUT2D eigenvalue weighted by Crippen LogP contribution is 2.21. The number of anilines is 3. The van der Waals surface area contributed by atoms with Crippen molar-refractivity contribution in [1.29, 1.82) is 0 Å². The number of amides is 1. The van der Waals surface area contributed by atoms with Gasteiger partial charge in [-0.3, -0.25) is 4.79 Å². The predicted molar refractivity (Wildman–Crippen MR) is 107 cm³/mol. The van der Waals surface area contributed by atoms with Crippen LogP contribution >= 0.6 is 11.8 Å². The van der Waals surface area contributed by atoms with Gasteiger partial charge in [-0.25, -0.2) is 4.40 Å². The minimum atomic E-state index is -0.113. The molecule has 3 N–H and O–H groups in total. The van der Waals surface area contributed by atoms with Crippen molar-refractivity contribution in [2.75, 3.05) is 34.8 Å². The molecule has 0 spiro atoms. The van der Waals surface area contributed by atoms with Gasteiger partial charge in [-0.2, -0.15) is 9.97 Å². The number of thioether (sulfide) groups is 1. The molecule has 0 bridgehead atoms. The average Bonchev–Trinajstić information content (AvgIpc) is 3.04. The summed E-state index contributed by atoms with van der Waals surface area (Å²) in [5.74, 6) is 1.60. The van der Waals surface area contributed by atoms with Crippen molar-refractivity contribution in [3.8, 4) is 0 Å². The Bertz CT molecular complexity index is 942. The van der Waals surface area contributed by atoms with E-state index in [1.54, 1.807) is 4.40 Å². The molecule has 0 aliphatic carbocycles. The lowest BCUT2D eigenvalue weighted by molar-refractivity contribution is -0.113. The first kappa shape index (κ1) is 18.9. The van der Waals surface area contributed by atoms with Crippen molar-refractivity contribution in [2.45, 2.75) is 25.9 Å². The average molecular weight is 386 g/mol. The minimum absolute atomic E-state index is 0.113. The molecule has 27 heavy (non-hydrogen) atoms. The summed E-state index contributed by atoms with van der Waals surface area (Å²) in [6.07, 6.45) is 0. The summed E-state index contributed by atoms with van der Waals surface area (Å²) >= 11 is 1.28. The fourth-order valence-corrected chi connectivity index (χ4v) is 3.18. The van der Waals surface area contributed by atoms with Crippen LogP contribution in [-0.4, -0.2) is 49.3 Å². The number of nitrogens with zero attached hydrogens (tertiary/aromatic N) is 5. The van der Waals surface area contributed by atoms with Gasteiger partial charge < -0.3 is 16.0 Å². The number of carbonyl (C=O) groups is 1. The van der Waals surface area contributed by atoms with Crippen LogP contribution in [0.3, 0.4) is 0 Å². The Kier molecular flexibility index (Phi) is 6.07. The topological polar surface area (TPSA) is 109 Å². The number of rotatable bonds is 8. The number of benzene rings is 1. The molecule has 3 aromatic rings. The number of hydrogen-bond acceptors (Lipinski definition) is 8. The van der Waals surface area contributed by atoms with Gasteiger partial charge in [0, 0.05) is 18.8 Å². The van der Waals surface area contributed by atoms with Crippen LogP contribution < -0.4 is 16.0 Å². The molecule has 2 heterocycles. The van der Waals surface area contributed by atoms with E-state index in [-0.39, 0.29) is 11.7 Å². The van der Waals surface area contributed by atoms with Gasteiger partial charge in [-0.05, 0) is 38.5 Å². The number of hydrogen-bond donors (Lipinski definition) is 3. The lowest BCUT2D eigenvalue weighted by Gasteiger charge is -2.09. The van der Waals surface area contributed by atoms with Crippen LogP contribution in [0.2, 0.25) is 0 Å². The van der Waals surface area contributed by atoms with Crippen molar-refractivity contribution in [1.82, 2.24) is 24.6 Å². The van der Waals surface area contributed by atoms with Gasteiger partial charge in [0.05, 0.1) is 5.75 Å². The molecule has 3 rings (SSSR count). The summed E-state index contributed by atoms with van der Waals surface area (Å²) < 4.78 is 1.72. The van der Waals surface area contributed by atoms with E-state index in [1.807, 2.05) is 45.0 Å².